The van der Waals surface area contributed by atoms with Crippen molar-refractivity contribution in [2.45, 2.75) is 13.8 Å². The van der Waals surface area contributed by atoms with Crippen LogP contribution in [0.5, 0.6) is 0 Å². The molecule has 0 amide bonds. The fraction of sp³-hybridized carbons (Fsp3) is 0.0488. The van der Waals surface area contributed by atoms with Gasteiger partial charge in [-0.05, 0) is 60.8 Å². The molecule has 0 radical (unpaired) electrons. The van der Waals surface area contributed by atoms with Crippen molar-refractivity contribution in [3.05, 3.63) is 163 Å². The van der Waals surface area contributed by atoms with Crippen molar-refractivity contribution in [1.82, 2.24) is 15.0 Å². The molecule has 48 heavy (non-hydrogen) atoms. The SMILES string of the molecule is Cc1ccc2[c-]c(-c3ccccn3)sc2c1.Cc1ccc2[c-]c(-c3ccccn3)sc2c1.[Ir+3].[c-]1c(-c2ccccn2)sc2ccccc12. The van der Waals surface area contributed by atoms with Crippen molar-refractivity contribution in [1.29, 1.82) is 0 Å². The maximum atomic E-state index is 4.35. The molecule has 0 unspecified atom stereocenters. The monoisotopic (exact) mass is 851 g/mol. The number of aryl methyl sites for hydroxylation is 2. The van der Waals surface area contributed by atoms with Crippen molar-refractivity contribution < 1.29 is 20.1 Å². The van der Waals surface area contributed by atoms with Crippen LogP contribution in [0.2, 0.25) is 0 Å². The van der Waals surface area contributed by atoms with E-state index >= 15 is 0 Å². The number of hydrogen-bond donors (Lipinski definition) is 0. The van der Waals surface area contributed by atoms with Crippen molar-refractivity contribution >= 4 is 64.3 Å². The first-order valence-corrected chi connectivity index (χ1v) is 17.5. The fourth-order valence-corrected chi connectivity index (χ4v) is 8.05. The Morgan fingerprint density at radius 3 is 1.19 bits per heavy atom. The van der Waals surface area contributed by atoms with Gasteiger partial charge in [0.25, 0.3) is 0 Å². The van der Waals surface area contributed by atoms with E-state index in [4.69, 9.17) is 0 Å². The molecule has 0 saturated heterocycles. The van der Waals surface area contributed by atoms with Gasteiger partial charge in [-0.2, -0.15) is 0 Å². The number of fused-ring (bicyclic) bond motifs is 3. The smallest absolute Gasteiger partial charge is 0.303 e. The molecule has 0 aliphatic carbocycles. The molecule has 234 valence electrons. The van der Waals surface area contributed by atoms with E-state index in [9.17, 15) is 0 Å². The Morgan fingerprint density at radius 2 is 0.792 bits per heavy atom. The second-order valence-electron chi connectivity index (χ2n) is 10.8. The number of nitrogens with zero attached hydrogens (tertiary/aromatic N) is 3. The number of hydrogen-bond acceptors (Lipinski definition) is 6. The van der Waals surface area contributed by atoms with E-state index in [0.717, 1.165) is 31.7 Å². The predicted molar refractivity (Wildman–Crippen MR) is 201 cm³/mol. The minimum absolute atomic E-state index is 0. The molecule has 3 aromatic carbocycles. The van der Waals surface area contributed by atoms with Crippen LogP contribution in [0.4, 0.5) is 0 Å². The largest absolute Gasteiger partial charge is 3.00 e. The number of aromatic nitrogens is 3. The van der Waals surface area contributed by atoms with Crippen LogP contribution < -0.4 is 0 Å². The normalized spacial score (nSPS) is 10.5. The summed E-state index contributed by atoms with van der Waals surface area (Å²) in [7, 11) is 0. The molecule has 3 nitrogen and oxygen atoms in total. The predicted octanol–water partition coefficient (Wildman–Crippen LogP) is 11.9. The summed E-state index contributed by atoms with van der Waals surface area (Å²) in [6, 6.07) is 49.2. The summed E-state index contributed by atoms with van der Waals surface area (Å²) in [5.41, 5.74) is 5.58. The van der Waals surface area contributed by atoms with Gasteiger partial charge in [-0.3, -0.25) is 0 Å². The number of benzene rings is 3. The summed E-state index contributed by atoms with van der Waals surface area (Å²) < 4.78 is 3.82. The van der Waals surface area contributed by atoms with E-state index in [1.54, 1.807) is 34.0 Å². The molecular formula is C41H28IrN3S3. The van der Waals surface area contributed by atoms with Gasteiger partial charge in [0.1, 0.15) is 0 Å². The zero-order valence-corrected chi connectivity index (χ0v) is 30.9. The third-order valence-electron chi connectivity index (χ3n) is 7.23. The van der Waals surface area contributed by atoms with Crippen LogP contribution in [0.25, 0.3) is 62.0 Å². The van der Waals surface area contributed by atoms with Crippen molar-refractivity contribution in [3.8, 4) is 31.7 Å². The first kappa shape index (κ1) is 33.5. The van der Waals surface area contributed by atoms with Gasteiger partial charge in [0.05, 0.1) is 0 Å². The molecule has 0 bridgehead atoms. The molecule has 0 saturated carbocycles. The number of pyridine rings is 3. The zero-order chi connectivity index (χ0) is 32.0. The van der Waals surface area contributed by atoms with E-state index in [1.807, 2.05) is 79.3 Å². The first-order valence-electron chi connectivity index (χ1n) is 15.1. The van der Waals surface area contributed by atoms with Crippen molar-refractivity contribution in [2.75, 3.05) is 0 Å². The van der Waals surface area contributed by atoms with Gasteiger partial charge in [0.15, 0.2) is 0 Å². The van der Waals surface area contributed by atoms with E-state index in [0.29, 0.717) is 0 Å². The van der Waals surface area contributed by atoms with Gasteiger partial charge in [0.2, 0.25) is 0 Å². The Bertz CT molecular complexity index is 2230. The van der Waals surface area contributed by atoms with Gasteiger partial charge in [-0.15, -0.1) is 70.8 Å². The molecule has 7 heteroatoms. The molecule has 9 aromatic rings. The average Bonchev–Trinajstić information content (AvgIpc) is 3.86. The Balaban J connectivity index is 0.000000124. The minimum atomic E-state index is 0. The molecule has 0 atom stereocenters. The Labute approximate surface area is 306 Å². The third-order valence-corrected chi connectivity index (χ3v) is 10.5. The quantitative estimate of drug-likeness (QED) is 0.166. The summed E-state index contributed by atoms with van der Waals surface area (Å²) in [5.74, 6) is 0. The molecule has 0 spiro atoms. The van der Waals surface area contributed by atoms with E-state index in [-0.39, 0.29) is 20.1 Å². The molecular weight excluding hydrogens is 823 g/mol. The van der Waals surface area contributed by atoms with Gasteiger partial charge in [-0.1, -0.05) is 71.8 Å². The summed E-state index contributed by atoms with van der Waals surface area (Å²) in [6.45, 7) is 4.22. The summed E-state index contributed by atoms with van der Waals surface area (Å²) >= 11 is 5.23. The van der Waals surface area contributed by atoms with Gasteiger partial charge < -0.3 is 15.0 Å². The second-order valence-corrected chi connectivity index (χ2v) is 14.0. The van der Waals surface area contributed by atoms with Crippen LogP contribution in [0.1, 0.15) is 11.1 Å². The molecule has 0 N–H and O–H groups in total. The Morgan fingerprint density at radius 1 is 0.417 bits per heavy atom. The Kier molecular flexibility index (Phi) is 11.0. The molecule has 0 fully saturated rings. The maximum Gasteiger partial charge on any atom is 3.00 e. The third kappa shape index (κ3) is 8.01. The van der Waals surface area contributed by atoms with Crippen LogP contribution in [0, 0.1) is 32.0 Å². The number of rotatable bonds is 3. The van der Waals surface area contributed by atoms with Crippen LogP contribution in [0.3, 0.4) is 0 Å². The molecule has 9 rings (SSSR count). The molecule has 0 aliphatic heterocycles. The van der Waals surface area contributed by atoms with E-state index < -0.39 is 0 Å². The fourth-order valence-electron chi connectivity index (χ4n) is 4.91. The van der Waals surface area contributed by atoms with E-state index in [2.05, 4.69) is 102 Å². The van der Waals surface area contributed by atoms with Crippen LogP contribution in [-0.4, -0.2) is 15.0 Å². The summed E-state index contributed by atoms with van der Waals surface area (Å²) in [6.07, 6.45) is 5.45. The molecule has 0 aliphatic rings. The van der Waals surface area contributed by atoms with Crippen LogP contribution >= 0.6 is 34.0 Å². The topological polar surface area (TPSA) is 38.7 Å². The van der Waals surface area contributed by atoms with Crippen LogP contribution in [0.15, 0.2) is 134 Å². The molecule has 6 heterocycles. The van der Waals surface area contributed by atoms with Gasteiger partial charge in [-0.25, -0.2) is 34.0 Å². The van der Waals surface area contributed by atoms with E-state index in [1.165, 1.54) is 41.4 Å². The summed E-state index contributed by atoms with van der Waals surface area (Å²) in [4.78, 5) is 16.3. The minimum Gasteiger partial charge on any atom is -0.303 e. The van der Waals surface area contributed by atoms with Crippen LogP contribution in [-0.2, 0) is 20.1 Å². The average molecular weight is 851 g/mol. The first-order chi connectivity index (χ1) is 23.1. The number of thiophene rings is 3. The Hall–Kier alpha value is -4.36. The second kappa shape index (κ2) is 15.7. The summed E-state index contributed by atoms with van der Waals surface area (Å²) in [5, 5.41) is 3.52. The van der Waals surface area contributed by atoms with Gasteiger partial charge in [0, 0.05) is 35.7 Å². The molecule has 6 aromatic heterocycles. The van der Waals surface area contributed by atoms with Crippen molar-refractivity contribution in [2.24, 2.45) is 0 Å². The van der Waals surface area contributed by atoms with Gasteiger partial charge >= 0.3 is 20.1 Å². The standard InChI is InChI=1S/2C14H10NS.C13H8NS.Ir/c2*1-10-5-6-11-9-14(16-13(11)8-10)12-4-2-3-7-15-12;1-2-7-12-10(5-1)9-13(15-12)11-6-3-4-8-14-11;/h2*2-8H,1H3;1-8H;/q3*-1;+3. The van der Waals surface area contributed by atoms with Crippen molar-refractivity contribution in [3.63, 3.8) is 0 Å². The maximum absolute atomic E-state index is 4.35. The zero-order valence-electron chi connectivity index (χ0n) is 26.1.